The number of aromatic nitrogens is 4. The number of nitrogens with one attached hydrogen (secondary N) is 1. The third-order valence-electron chi connectivity index (χ3n) is 2.50. The van der Waals surface area contributed by atoms with Crippen LogP contribution >= 0.6 is 11.8 Å². The number of nitrogens with zero attached hydrogens (tertiary/aromatic N) is 4. The zero-order chi connectivity index (χ0) is 12.9. The first-order valence-corrected chi connectivity index (χ1v) is 7.34. The highest BCUT2D eigenvalue weighted by atomic mass is 32.2. The molecule has 0 amide bonds. The number of hydrogen-bond acceptors (Lipinski definition) is 5. The SMILES string of the molecule is CSCCC(C)n1nnnc1CNC(C)(C)C. The van der Waals surface area contributed by atoms with E-state index in [1.807, 2.05) is 16.4 Å². The first-order chi connectivity index (χ1) is 7.94. The summed E-state index contributed by atoms with van der Waals surface area (Å²) in [7, 11) is 0. The molecule has 0 saturated carbocycles. The van der Waals surface area contributed by atoms with Gasteiger partial charge in [0.2, 0.25) is 0 Å². The highest BCUT2D eigenvalue weighted by molar-refractivity contribution is 7.98. The van der Waals surface area contributed by atoms with Gasteiger partial charge in [-0.15, -0.1) is 5.10 Å². The van der Waals surface area contributed by atoms with E-state index in [0.717, 1.165) is 18.0 Å². The predicted octanol–water partition coefficient (Wildman–Crippen LogP) is 1.88. The van der Waals surface area contributed by atoms with Crippen molar-refractivity contribution in [3.05, 3.63) is 5.82 Å². The van der Waals surface area contributed by atoms with E-state index >= 15 is 0 Å². The molecular formula is C11H23N5S. The van der Waals surface area contributed by atoms with Gasteiger partial charge in [0, 0.05) is 5.54 Å². The zero-order valence-electron chi connectivity index (χ0n) is 11.4. The van der Waals surface area contributed by atoms with Crippen LogP contribution in [0.1, 0.15) is 46.0 Å². The second kappa shape index (κ2) is 6.35. The van der Waals surface area contributed by atoms with Gasteiger partial charge in [0.15, 0.2) is 5.82 Å². The number of hydrogen-bond donors (Lipinski definition) is 1. The summed E-state index contributed by atoms with van der Waals surface area (Å²) in [5.41, 5.74) is 0.0826. The third kappa shape index (κ3) is 5.04. The lowest BCUT2D eigenvalue weighted by Crippen LogP contribution is -2.36. The molecule has 0 aliphatic rings. The summed E-state index contributed by atoms with van der Waals surface area (Å²) in [5.74, 6) is 2.04. The lowest BCUT2D eigenvalue weighted by molar-refractivity contribution is 0.391. The number of thioether (sulfide) groups is 1. The van der Waals surface area contributed by atoms with E-state index in [9.17, 15) is 0 Å². The van der Waals surface area contributed by atoms with Crippen molar-refractivity contribution >= 4 is 11.8 Å². The molecule has 0 spiro atoms. The van der Waals surface area contributed by atoms with Crippen LogP contribution in [0.15, 0.2) is 0 Å². The molecule has 1 rings (SSSR count). The minimum atomic E-state index is 0.0826. The molecule has 0 fully saturated rings. The van der Waals surface area contributed by atoms with Crippen LogP contribution in [0, 0.1) is 0 Å². The molecule has 1 heterocycles. The first-order valence-electron chi connectivity index (χ1n) is 5.95. The van der Waals surface area contributed by atoms with Crippen molar-refractivity contribution in [2.45, 2.75) is 52.2 Å². The Bertz CT molecular complexity index is 331. The maximum atomic E-state index is 4.08. The first kappa shape index (κ1) is 14.4. The van der Waals surface area contributed by atoms with E-state index < -0.39 is 0 Å². The van der Waals surface area contributed by atoms with Crippen molar-refractivity contribution in [3.63, 3.8) is 0 Å². The Kier molecular flexibility index (Phi) is 5.39. The lowest BCUT2D eigenvalue weighted by Gasteiger charge is -2.20. The number of rotatable bonds is 6. The van der Waals surface area contributed by atoms with Crippen LogP contribution in [0.25, 0.3) is 0 Å². The van der Waals surface area contributed by atoms with Crippen LogP contribution in [0.3, 0.4) is 0 Å². The molecule has 1 aromatic heterocycles. The van der Waals surface area contributed by atoms with Gasteiger partial charge in [-0.2, -0.15) is 11.8 Å². The van der Waals surface area contributed by atoms with Crippen LogP contribution in [0.5, 0.6) is 0 Å². The highest BCUT2D eigenvalue weighted by Crippen LogP contribution is 2.13. The molecule has 1 N–H and O–H groups in total. The van der Waals surface area contributed by atoms with Crippen LogP contribution in [0.2, 0.25) is 0 Å². The van der Waals surface area contributed by atoms with Crippen molar-refractivity contribution in [2.24, 2.45) is 0 Å². The van der Waals surface area contributed by atoms with Crippen molar-refractivity contribution in [3.8, 4) is 0 Å². The molecule has 1 atom stereocenters. The van der Waals surface area contributed by atoms with Gasteiger partial charge in [0.25, 0.3) is 0 Å². The van der Waals surface area contributed by atoms with E-state index in [4.69, 9.17) is 0 Å². The Morgan fingerprint density at radius 2 is 2.12 bits per heavy atom. The lowest BCUT2D eigenvalue weighted by atomic mass is 10.1. The summed E-state index contributed by atoms with van der Waals surface area (Å²) in [4.78, 5) is 0. The standard InChI is InChI=1S/C11H23N5S/c1-9(6-7-17-5)16-10(13-14-15-16)8-12-11(2,3)4/h9,12H,6-8H2,1-5H3. The van der Waals surface area contributed by atoms with Gasteiger partial charge in [0.1, 0.15) is 0 Å². The third-order valence-corrected chi connectivity index (χ3v) is 3.14. The molecule has 0 saturated heterocycles. The molecule has 5 nitrogen and oxygen atoms in total. The molecule has 17 heavy (non-hydrogen) atoms. The van der Waals surface area contributed by atoms with E-state index in [2.05, 4.69) is 54.8 Å². The summed E-state index contributed by atoms with van der Waals surface area (Å²) in [5, 5.41) is 15.3. The van der Waals surface area contributed by atoms with Gasteiger partial charge in [-0.05, 0) is 56.6 Å². The average molecular weight is 257 g/mol. The van der Waals surface area contributed by atoms with E-state index in [0.29, 0.717) is 12.6 Å². The molecule has 1 unspecified atom stereocenters. The fourth-order valence-corrected chi connectivity index (χ4v) is 2.00. The van der Waals surface area contributed by atoms with Gasteiger partial charge in [-0.3, -0.25) is 0 Å². The summed E-state index contributed by atoms with van der Waals surface area (Å²) in [6, 6.07) is 0.356. The Morgan fingerprint density at radius 1 is 1.41 bits per heavy atom. The molecular weight excluding hydrogens is 234 g/mol. The molecule has 1 aromatic rings. The fourth-order valence-electron chi connectivity index (χ4n) is 1.43. The predicted molar refractivity (Wildman–Crippen MR) is 72.1 cm³/mol. The maximum Gasteiger partial charge on any atom is 0.165 e. The fraction of sp³-hybridized carbons (Fsp3) is 0.909. The normalized spacial score (nSPS) is 13.9. The van der Waals surface area contributed by atoms with Gasteiger partial charge in [-0.25, -0.2) is 4.68 Å². The van der Waals surface area contributed by atoms with Crippen LogP contribution in [-0.2, 0) is 6.54 Å². The van der Waals surface area contributed by atoms with Crippen molar-refractivity contribution in [1.82, 2.24) is 25.5 Å². The topological polar surface area (TPSA) is 55.6 Å². The van der Waals surface area contributed by atoms with E-state index in [-0.39, 0.29) is 5.54 Å². The molecule has 0 aromatic carbocycles. The largest absolute Gasteiger partial charge is 0.305 e. The molecule has 6 heteroatoms. The smallest absolute Gasteiger partial charge is 0.165 e. The quantitative estimate of drug-likeness (QED) is 0.843. The average Bonchev–Trinajstić information content (AvgIpc) is 2.70. The van der Waals surface area contributed by atoms with Gasteiger partial charge >= 0.3 is 0 Å². The zero-order valence-corrected chi connectivity index (χ0v) is 12.2. The Labute approximate surface area is 108 Å². The van der Waals surface area contributed by atoms with E-state index in [1.165, 1.54) is 0 Å². The van der Waals surface area contributed by atoms with Crippen LogP contribution in [-0.4, -0.2) is 37.8 Å². The summed E-state index contributed by atoms with van der Waals surface area (Å²) < 4.78 is 1.93. The minimum Gasteiger partial charge on any atom is -0.305 e. The minimum absolute atomic E-state index is 0.0826. The second-order valence-corrected chi connectivity index (χ2v) is 6.26. The summed E-state index contributed by atoms with van der Waals surface area (Å²) >= 11 is 1.85. The van der Waals surface area contributed by atoms with E-state index in [1.54, 1.807) is 0 Å². The van der Waals surface area contributed by atoms with Crippen molar-refractivity contribution in [1.29, 1.82) is 0 Å². The molecule has 0 aliphatic heterocycles. The summed E-state index contributed by atoms with van der Waals surface area (Å²) in [6.07, 6.45) is 3.21. The second-order valence-electron chi connectivity index (χ2n) is 5.27. The molecule has 0 radical (unpaired) electrons. The van der Waals surface area contributed by atoms with Gasteiger partial charge in [0.05, 0.1) is 12.6 Å². The van der Waals surface area contributed by atoms with Crippen LogP contribution in [0.4, 0.5) is 0 Å². The Morgan fingerprint density at radius 3 is 2.71 bits per heavy atom. The van der Waals surface area contributed by atoms with Crippen molar-refractivity contribution < 1.29 is 0 Å². The highest BCUT2D eigenvalue weighted by Gasteiger charge is 2.15. The van der Waals surface area contributed by atoms with Crippen molar-refractivity contribution in [2.75, 3.05) is 12.0 Å². The monoisotopic (exact) mass is 257 g/mol. The Hall–Kier alpha value is -0.620. The maximum absolute atomic E-state index is 4.08. The molecule has 98 valence electrons. The summed E-state index contributed by atoms with van der Waals surface area (Å²) in [6.45, 7) is 9.28. The number of tetrazole rings is 1. The Balaban J connectivity index is 2.59. The molecule has 0 bridgehead atoms. The van der Waals surface area contributed by atoms with Gasteiger partial charge < -0.3 is 5.32 Å². The van der Waals surface area contributed by atoms with Gasteiger partial charge in [-0.1, -0.05) is 0 Å². The molecule has 0 aliphatic carbocycles. The van der Waals surface area contributed by atoms with Crippen LogP contribution < -0.4 is 5.32 Å².